The fraction of sp³-hybridized carbons (Fsp3) is 0.737. The third-order valence-corrected chi connectivity index (χ3v) is 5.74. The summed E-state index contributed by atoms with van der Waals surface area (Å²) in [5, 5.41) is 3.85. The fourth-order valence-corrected chi connectivity index (χ4v) is 3.98. The number of rotatable bonds is 8. The molecule has 0 aliphatic heterocycles. The summed E-state index contributed by atoms with van der Waals surface area (Å²) in [5.41, 5.74) is 5.44. The van der Waals surface area contributed by atoms with Gasteiger partial charge in [-0.15, -0.1) is 0 Å². The maximum Gasteiger partial charge on any atom is 0.330 e. The first-order valence-corrected chi connectivity index (χ1v) is 10.5. The quantitative estimate of drug-likeness (QED) is 0.560. The van der Waals surface area contributed by atoms with Crippen LogP contribution in [-0.4, -0.2) is 41.0 Å². The summed E-state index contributed by atoms with van der Waals surface area (Å²) >= 11 is 5.65. The van der Waals surface area contributed by atoms with Crippen molar-refractivity contribution in [1.82, 2.24) is 14.9 Å². The number of hydrogen-bond donors (Lipinski definition) is 3. The number of thiocarbonyl (C=S) groups is 1. The molecule has 0 amide bonds. The molecule has 1 aromatic heterocycles. The molecule has 28 heavy (non-hydrogen) atoms. The number of ether oxygens (including phenoxy) is 1. The fourth-order valence-electron chi connectivity index (χ4n) is 3.64. The Morgan fingerprint density at radius 1 is 1.39 bits per heavy atom. The van der Waals surface area contributed by atoms with E-state index in [0.717, 1.165) is 32.1 Å². The largest absolute Gasteiger partial charge is 0.383 e. The Labute approximate surface area is 171 Å². The number of unbranched alkanes of at least 4 members (excludes halogenated alkanes) is 1. The number of aromatic nitrogens is 2. The first-order chi connectivity index (χ1) is 13.4. The van der Waals surface area contributed by atoms with Gasteiger partial charge >= 0.3 is 5.69 Å². The molecule has 0 radical (unpaired) electrons. The van der Waals surface area contributed by atoms with Crippen molar-refractivity contribution in [1.29, 1.82) is 0 Å². The summed E-state index contributed by atoms with van der Waals surface area (Å²) < 4.78 is 6.61. The van der Waals surface area contributed by atoms with E-state index in [-0.39, 0.29) is 17.5 Å². The number of aromatic amines is 1. The zero-order valence-electron chi connectivity index (χ0n) is 17.1. The van der Waals surface area contributed by atoms with E-state index in [4.69, 9.17) is 22.7 Å². The van der Waals surface area contributed by atoms with Gasteiger partial charge in [-0.25, -0.2) is 4.79 Å². The normalized spacial score (nSPS) is 19.4. The number of nitrogen functional groups attached to an aromatic ring is 1. The minimum Gasteiger partial charge on any atom is -0.383 e. The van der Waals surface area contributed by atoms with Crippen LogP contribution in [-0.2, 0) is 11.3 Å². The summed E-state index contributed by atoms with van der Waals surface area (Å²) in [6, 6.07) is 0.262. The number of nitrogens with two attached hydrogens (primary N) is 1. The summed E-state index contributed by atoms with van der Waals surface area (Å²) in [6.45, 7) is 5.43. The SMILES string of the molecule is CCCCn1c(N)c(N(CCOC)C(=S)N[C@H]2CCCC[C@@H]2C)c(=O)[nH]c1=O. The number of anilines is 2. The Hall–Kier alpha value is -1.87. The molecule has 4 N–H and O–H groups in total. The predicted octanol–water partition coefficient (Wildman–Crippen LogP) is 1.82. The molecule has 8 nitrogen and oxygen atoms in total. The van der Waals surface area contributed by atoms with E-state index in [1.54, 1.807) is 12.0 Å². The van der Waals surface area contributed by atoms with E-state index >= 15 is 0 Å². The number of methoxy groups -OCH3 is 1. The number of nitrogens with zero attached hydrogens (tertiary/aromatic N) is 2. The maximum absolute atomic E-state index is 12.6. The zero-order valence-corrected chi connectivity index (χ0v) is 17.9. The number of H-pyrrole nitrogens is 1. The molecular weight excluding hydrogens is 378 g/mol. The molecule has 9 heteroatoms. The molecule has 0 bridgehead atoms. The average Bonchev–Trinajstić information content (AvgIpc) is 2.65. The number of nitrogens with one attached hydrogen (secondary N) is 2. The van der Waals surface area contributed by atoms with Gasteiger partial charge in [-0.3, -0.25) is 14.3 Å². The highest BCUT2D eigenvalue weighted by Gasteiger charge is 2.26. The lowest BCUT2D eigenvalue weighted by molar-refractivity contribution is 0.207. The molecule has 0 aromatic carbocycles. The van der Waals surface area contributed by atoms with Crippen molar-refractivity contribution in [2.75, 3.05) is 30.9 Å². The maximum atomic E-state index is 12.6. The highest BCUT2D eigenvalue weighted by Crippen LogP contribution is 2.25. The van der Waals surface area contributed by atoms with Gasteiger partial charge in [0.2, 0.25) is 0 Å². The van der Waals surface area contributed by atoms with Crippen molar-refractivity contribution in [3.63, 3.8) is 0 Å². The van der Waals surface area contributed by atoms with E-state index in [9.17, 15) is 9.59 Å². The minimum absolute atomic E-state index is 0.138. The van der Waals surface area contributed by atoms with Crippen molar-refractivity contribution in [3.05, 3.63) is 20.8 Å². The lowest BCUT2D eigenvalue weighted by Gasteiger charge is -2.34. The van der Waals surface area contributed by atoms with Gasteiger partial charge in [-0.2, -0.15) is 0 Å². The van der Waals surface area contributed by atoms with Gasteiger partial charge in [0.15, 0.2) is 10.8 Å². The van der Waals surface area contributed by atoms with Crippen LogP contribution < -0.4 is 27.2 Å². The third kappa shape index (κ3) is 5.35. The van der Waals surface area contributed by atoms with Crippen LogP contribution in [0.15, 0.2) is 9.59 Å². The summed E-state index contributed by atoms with van der Waals surface area (Å²) in [6.07, 6.45) is 6.29. The van der Waals surface area contributed by atoms with Gasteiger partial charge < -0.3 is 20.7 Å². The van der Waals surface area contributed by atoms with Crippen molar-refractivity contribution in [2.24, 2.45) is 5.92 Å². The van der Waals surface area contributed by atoms with Gasteiger partial charge in [0.05, 0.1) is 6.61 Å². The van der Waals surface area contributed by atoms with E-state index in [1.165, 1.54) is 11.0 Å². The van der Waals surface area contributed by atoms with Crippen LogP contribution >= 0.6 is 12.2 Å². The highest BCUT2D eigenvalue weighted by atomic mass is 32.1. The second-order valence-corrected chi connectivity index (χ2v) is 7.85. The van der Waals surface area contributed by atoms with Crippen LogP contribution in [0, 0.1) is 5.92 Å². The Balaban J connectivity index is 2.37. The summed E-state index contributed by atoms with van der Waals surface area (Å²) in [5.74, 6) is 0.643. The molecule has 2 atom stereocenters. The Morgan fingerprint density at radius 3 is 2.75 bits per heavy atom. The molecule has 1 fully saturated rings. The van der Waals surface area contributed by atoms with Crippen molar-refractivity contribution in [3.8, 4) is 0 Å². The first kappa shape index (κ1) is 22.4. The minimum atomic E-state index is -0.535. The van der Waals surface area contributed by atoms with E-state index in [2.05, 4.69) is 17.2 Å². The molecule has 158 valence electrons. The molecular formula is C19H33N5O3S. The first-order valence-electron chi connectivity index (χ1n) is 10.1. The molecule has 1 aliphatic rings. The monoisotopic (exact) mass is 411 g/mol. The third-order valence-electron chi connectivity index (χ3n) is 5.40. The van der Waals surface area contributed by atoms with E-state index in [1.807, 2.05) is 6.92 Å². The predicted molar refractivity (Wildman–Crippen MR) is 117 cm³/mol. The summed E-state index contributed by atoms with van der Waals surface area (Å²) in [4.78, 5) is 28.9. The molecule has 0 spiro atoms. The Bertz CT molecular complexity index is 776. The van der Waals surface area contributed by atoms with E-state index in [0.29, 0.717) is 30.7 Å². The van der Waals surface area contributed by atoms with Gasteiger partial charge in [0, 0.05) is 26.2 Å². The lowest BCUT2D eigenvalue weighted by atomic mass is 9.86. The van der Waals surface area contributed by atoms with Crippen molar-refractivity contribution in [2.45, 2.75) is 65.0 Å². The van der Waals surface area contributed by atoms with Crippen LogP contribution in [0.5, 0.6) is 0 Å². The standard InChI is InChI=1S/C19H33N5O3S/c1-4-5-10-24-16(20)15(17(25)22-18(24)26)23(11-12-27-3)19(28)21-14-9-7-6-8-13(14)2/h13-14H,4-12,20H2,1-3H3,(H,21,28)(H,22,25,26)/t13-,14-/m0/s1. The van der Waals surface area contributed by atoms with Crippen LogP contribution in [0.25, 0.3) is 0 Å². The van der Waals surface area contributed by atoms with E-state index < -0.39 is 11.2 Å². The Kier molecular flexibility index (Phi) is 8.50. The van der Waals surface area contributed by atoms with Crippen molar-refractivity contribution < 1.29 is 4.74 Å². The number of hydrogen-bond acceptors (Lipinski definition) is 5. The van der Waals surface area contributed by atoms with Crippen LogP contribution in [0.4, 0.5) is 11.5 Å². The zero-order chi connectivity index (χ0) is 20.7. The van der Waals surface area contributed by atoms with Crippen LogP contribution in [0.1, 0.15) is 52.4 Å². The molecule has 1 saturated carbocycles. The molecule has 1 aromatic rings. The van der Waals surface area contributed by atoms with Gasteiger partial charge in [-0.1, -0.05) is 33.1 Å². The molecule has 0 unspecified atom stereocenters. The molecule has 1 heterocycles. The van der Waals surface area contributed by atoms with Gasteiger partial charge in [0.1, 0.15) is 5.82 Å². The van der Waals surface area contributed by atoms with Crippen molar-refractivity contribution >= 4 is 28.8 Å². The van der Waals surface area contributed by atoms with Gasteiger partial charge in [-0.05, 0) is 37.4 Å². The van der Waals surface area contributed by atoms with Crippen LogP contribution in [0.3, 0.4) is 0 Å². The second-order valence-electron chi connectivity index (χ2n) is 7.46. The Morgan fingerprint density at radius 2 is 2.11 bits per heavy atom. The summed E-state index contributed by atoms with van der Waals surface area (Å²) in [7, 11) is 1.59. The second kappa shape index (κ2) is 10.6. The molecule has 2 rings (SSSR count). The topological polar surface area (TPSA) is 105 Å². The van der Waals surface area contributed by atoms with Gasteiger partial charge in [0.25, 0.3) is 5.56 Å². The average molecular weight is 412 g/mol. The lowest BCUT2D eigenvalue weighted by Crippen LogP contribution is -2.51. The van der Waals surface area contributed by atoms with Crippen LogP contribution in [0.2, 0.25) is 0 Å². The highest BCUT2D eigenvalue weighted by molar-refractivity contribution is 7.80. The smallest absolute Gasteiger partial charge is 0.330 e. The molecule has 1 aliphatic carbocycles. The molecule has 0 saturated heterocycles.